The lowest BCUT2D eigenvalue weighted by Gasteiger charge is -2.25. The van der Waals surface area contributed by atoms with Gasteiger partial charge in [-0.15, -0.1) is 10.2 Å². The molecular weight excluding hydrogens is 753 g/mol. The third-order valence-corrected chi connectivity index (χ3v) is 8.49. The Hall–Kier alpha value is -3.92. The zero-order valence-electron chi connectivity index (χ0n) is 29.0. The summed E-state index contributed by atoms with van der Waals surface area (Å²) in [5, 5.41) is 27.8. The van der Waals surface area contributed by atoms with Gasteiger partial charge in [0.05, 0.1) is 79.0 Å². The van der Waals surface area contributed by atoms with Gasteiger partial charge >= 0.3 is 23.1 Å². The Balaban J connectivity index is 0.000000451. The van der Waals surface area contributed by atoms with E-state index >= 15 is 0 Å². The van der Waals surface area contributed by atoms with Crippen molar-refractivity contribution in [3.05, 3.63) is 71.3 Å². The maximum absolute atomic E-state index is 8.95. The van der Waals surface area contributed by atoms with Gasteiger partial charge in [-0.3, -0.25) is 0 Å². The van der Waals surface area contributed by atoms with Gasteiger partial charge < -0.3 is 35.1 Å². The van der Waals surface area contributed by atoms with Gasteiger partial charge in [0.1, 0.15) is 0 Å². The van der Waals surface area contributed by atoms with Crippen LogP contribution in [0, 0.1) is 20.8 Å². The number of fused-ring (bicyclic) bond motifs is 2. The third kappa shape index (κ3) is 16.6. The Kier molecular flexibility index (Phi) is 22.1. The van der Waals surface area contributed by atoms with Gasteiger partial charge in [0, 0.05) is 18.8 Å². The molecule has 52 heavy (non-hydrogen) atoms. The van der Waals surface area contributed by atoms with Crippen molar-refractivity contribution in [2.24, 2.45) is 10.2 Å². The topological polar surface area (TPSA) is 216 Å². The number of hydrogen-bond acceptors (Lipinski definition) is 17. The lowest BCUT2D eigenvalue weighted by molar-refractivity contribution is 0.0347. The van der Waals surface area contributed by atoms with E-state index in [1.54, 1.807) is 0 Å². The highest BCUT2D eigenvalue weighted by Crippen LogP contribution is 2.31. The number of nitrogens with zero attached hydrogens (tertiary/aromatic N) is 5. The summed E-state index contributed by atoms with van der Waals surface area (Å²) in [4.78, 5) is 10.9. The van der Waals surface area contributed by atoms with E-state index in [1.807, 2.05) is 43.3 Å². The van der Waals surface area contributed by atoms with Crippen LogP contribution >= 0.6 is 22.7 Å². The van der Waals surface area contributed by atoms with E-state index in [9.17, 15) is 0 Å². The number of anilines is 2. The van der Waals surface area contributed by atoms with E-state index in [0.29, 0.717) is 63.0 Å². The van der Waals surface area contributed by atoms with Crippen molar-refractivity contribution in [1.29, 1.82) is 0 Å². The minimum Gasteiger partial charge on any atom is -0.394 e. The number of nitrogen functional groups attached to an aromatic ring is 1. The van der Waals surface area contributed by atoms with Crippen molar-refractivity contribution in [3.63, 3.8) is 0 Å². The molecular formula is C33H42N6O9S4. The molecule has 0 aliphatic rings. The first-order chi connectivity index (χ1) is 25.2. The average molecular weight is 795 g/mol. The first kappa shape index (κ1) is 44.2. The van der Waals surface area contributed by atoms with Gasteiger partial charge in [0.15, 0.2) is 5.13 Å². The molecule has 0 amide bonds. The van der Waals surface area contributed by atoms with E-state index in [2.05, 4.69) is 57.1 Å². The number of nitrogens with two attached hydrogens (primary N) is 1. The minimum atomic E-state index is -0.750. The standard InChI is InChI=1S/C25H34N4O5S.C8H8N2S.2O2S/c1-19-3-5-23-24(17-19)35-25(26-23)28-27-22-6-4-21(18-20(22)2)29(7-11-32-13-9-30)8-12-33-15-16-34-14-10-31;1-5-2-3-6-7(4-5)11-8(9)10-6;2*1-3-2/h3-6,17-18,30-31H,7-16H2,1-2H3;2-4H,1H3,(H2,9,10);;. The van der Waals surface area contributed by atoms with E-state index in [1.165, 1.54) is 38.5 Å². The van der Waals surface area contributed by atoms with Crippen LogP contribution in [0.15, 0.2) is 64.8 Å². The summed E-state index contributed by atoms with van der Waals surface area (Å²) in [5.41, 5.74) is 12.8. The highest BCUT2D eigenvalue weighted by Gasteiger charge is 2.10. The molecule has 0 aliphatic heterocycles. The van der Waals surface area contributed by atoms with Gasteiger partial charge in [-0.2, -0.15) is 16.8 Å². The second-order valence-corrected chi connectivity index (χ2v) is 12.9. The Morgan fingerprint density at radius 1 is 0.692 bits per heavy atom. The summed E-state index contributed by atoms with van der Waals surface area (Å²) in [5.74, 6) is 0. The predicted molar refractivity (Wildman–Crippen MR) is 205 cm³/mol. The molecule has 0 unspecified atom stereocenters. The third-order valence-electron chi connectivity index (χ3n) is 6.74. The molecule has 3 aromatic carbocycles. The van der Waals surface area contributed by atoms with Crippen LogP contribution in [-0.2, 0) is 37.4 Å². The summed E-state index contributed by atoms with van der Waals surface area (Å²) < 4.78 is 51.8. The number of azo groups is 1. The first-order valence-corrected chi connectivity index (χ1v) is 18.7. The highest BCUT2D eigenvalue weighted by molar-refractivity contribution is 7.52. The molecule has 2 heterocycles. The maximum atomic E-state index is 8.95. The molecule has 0 atom stereocenters. The number of aliphatic hydroxyl groups is 2. The van der Waals surface area contributed by atoms with E-state index in [0.717, 1.165) is 32.7 Å². The number of thiazole rings is 2. The summed E-state index contributed by atoms with van der Waals surface area (Å²) >= 11 is 1.56. The summed E-state index contributed by atoms with van der Waals surface area (Å²) in [6.07, 6.45) is 0. The summed E-state index contributed by atoms with van der Waals surface area (Å²) in [6, 6.07) is 18.3. The van der Waals surface area contributed by atoms with Crippen LogP contribution in [0.3, 0.4) is 0 Å². The monoisotopic (exact) mass is 794 g/mol. The van der Waals surface area contributed by atoms with Crippen LogP contribution in [0.4, 0.5) is 21.6 Å². The number of aryl methyl sites for hydroxylation is 3. The van der Waals surface area contributed by atoms with Crippen molar-refractivity contribution in [2.75, 3.05) is 76.6 Å². The quantitative estimate of drug-likeness (QED) is 0.0885. The fourth-order valence-electron chi connectivity index (χ4n) is 4.43. The first-order valence-electron chi connectivity index (χ1n) is 15.7. The molecule has 0 saturated heterocycles. The molecule has 0 radical (unpaired) electrons. The molecule has 0 spiro atoms. The molecule has 282 valence electrons. The Labute approximate surface area is 316 Å². The Morgan fingerprint density at radius 2 is 1.21 bits per heavy atom. The largest absolute Gasteiger partial charge is 0.394 e. The lowest BCUT2D eigenvalue weighted by Crippen LogP contribution is -2.31. The van der Waals surface area contributed by atoms with Crippen molar-refractivity contribution in [1.82, 2.24) is 9.97 Å². The molecule has 19 heteroatoms. The number of hydrogen-bond donors (Lipinski definition) is 3. The van der Waals surface area contributed by atoms with Crippen LogP contribution in [0.1, 0.15) is 16.7 Å². The average Bonchev–Trinajstić information content (AvgIpc) is 3.70. The smallest absolute Gasteiger partial charge is 0.335 e. The zero-order chi connectivity index (χ0) is 38.1. The number of aromatic nitrogens is 2. The van der Waals surface area contributed by atoms with Crippen LogP contribution in [0.5, 0.6) is 0 Å². The molecule has 4 N–H and O–H groups in total. The van der Waals surface area contributed by atoms with E-state index in [4.69, 9.17) is 47.0 Å². The number of benzene rings is 3. The molecule has 0 aliphatic carbocycles. The number of ether oxygens (including phenoxy) is 3. The molecule has 0 saturated carbocycles. The Morgan fingerprint density at radius 3 is 1.77 bits per heavy atom. The van der Waals surface area contributed by atoms with Gasteiger partial charge in [-0.05, 0) is 79.9 Å². The van der Waals surface area contributed by atoms with Gasteiger partial charge in [-0.25, -0.2) is 9.97 Å². The lowest BCUT2D eigenvalue weighted by atomic mass is 10.1. The zero-order valence-corrected chi connectivity index (χ0v) is 32.2. The number of rotatable bonds is 16. The molecule has 0 bridgehead atoms. The fourth-order valence-corrected chi connectivity index (χ4v) is 6.15. The van der Waals surface area contributed by atoms with Crippen LogP contribution in [0.2, 0.25) is 0 Å². The SMILES string of the molecule is Cc1ccc2nc(N)sc2c1.Cc1ccc2nc(N=Nc3ccc(N(CCOCCO)CCOCCOCCO)cc3C)sc2c1.O=S=O.O=S=O. The van der Waals surface area contributed by atoms with Gasteiger partial charge in [-0.1, -0.05) is 34.8 Å². The fraction of sp³-hybridized carbons (Fsp3) is 0.394. The van der Waals surface area contributed by atoms with E-state index < -0.39 is 23.1 Å². The van der Waals surface area contributed by atoms with Crippen molar-refractivity contribution >= 4 is 87.9 Å². The summed E-state index contributed by atoms with van der Waals surface area (Å²) in [7, 11) is 0. The van der Waals surface area contributed by atoms with Crippen molar-refractivity contribution < 1.29 is 41.3 Å². The van der Waals surface area contributed by atoms with Crippen LogP contribution in [0.25, 0.3) is 20.4 Å². The highest BCUT2D eigenvalue weighted by atomic mass is 32.1. The van der Waals surface area contributed by atoms with Crippen molar-refractivity contribution in [2.45, 2.75) is 20.8 Å². The van der Waals surface area contributed by atoms with Crippen molar-refractivity contribution in [3.8, 4) is 0 Å². The molecule has 0 fully saturated rings. The molecule has 15 nitrogen and oxygen atoms in total. The van der Waals surface area contributed by atoms with Gasteiger partial charge in [0.2, 0.25) is 5.13 Å². The predicted octanol–water partition coefficient (Wildman–Crippen LogP) is 5.02. The van der Waals surface area contributed by atoms with E-state index in [-0.39, 0.29) is 13.2 Å². The van der Waals surface area contributed by atoms with Gasteiger partial charge in [0.25, 0.3) is 0 Å². The summed E-state index contributed by atoms with van der Waals surface area (Å²) in [6.45, 7) is 10.1. The molecule has 5 rings (SSSR count). The number of aliphatic hydroxyl groups excluding tert-OH is 2. The second kappa shape index (κ2) is 25.9. The minimum absolute atomic E-state index is 0.00399. The maximum Gasteiger partial charge on any atom is 0.335 e. The van der Waals surface area contributed by atoms with Crippen LogP contribution in [-0.4, -0.2) is 103 Å². The molecule has 5 aromatic rings. The van der Waals surface area contributed by atoms with Crippen LogP contribution < -0.4 is 10.6 Å². The molecule has 2 aromatic heterocycles. The normalized spacial score (nSPS) is 10.6. The second-order valence-electron chi connectivity index (χ2n) is 10.6. The Bertz CT molecular complexity index is 1880.